The lowest BCUT2D eigenvalue weighted by atomic mass is 10.4. The fourth-order valence-electron chi connectivity index (χ4n) is 1.62. The maximum absolute atomic E-state index is 11.1. The molecule has 8 heteroatoms. The number of hydrogen-bond acceptors (Lipinski definition) is 8. The normalized spacial score (nSPS) is 10.8. The SMILES string of the molecule is C=C(C)C(=O)OCCOCCOCCOCCOCCOCCNCC. The lowest BCUT2D eigenvalue weighted by Gasteiger charge is -2.08. The summed E-state index contributed by atoms with van der Waals surface area (Å²) in [6.07, 6.45) is 0. The minimum Gasteiger partial charge on any atom is -0.460 e. The Balaban J connectivity index is 3.05. The zero-order chi connectivity index (χ0) is 19.3. The van der Waals surface area contributed by atoms with Gasteiger partial charge in [0.1, 0.15) is 6.61 Å². The van der Waals surface area contributed by atoms with Gasteiger partial charge in [0.05, 0.1) is 66.1 Å². The molecule has 154 valence electrons. The molecule has 0 rings (SSSR count). The van der Waals surface area contributed by atoms with Crippen LogP contribution in [0.5, 0.6) is 0 Å². The fourth-order valence-corrected chi connectivity index (χ4v) is 1.62. The van der Waals surface area contributed by atoms with Crippen LogP contribution < -0.4 is 5.32 Å². The van der Waals surface area contributed by atoms with Crippen molar-refractivity contribution in [1.82, 2.24) is 5.32 Å². The maximum atomic E-state index is 11.1. The van der Waals surface area contributed by atoms with E-state index in [4.69, 9.17) is 28.4 Å². The molecule has 8 nitrogen and oxygen atoms in total. The molecule has 0 aliphatic rings. The average Bonchev–Trinajstić information content (AvgIpc) is 2.63. The summed E-state index contributed by atoms with van der Waals surface area (Å²) in [6, 6.07) is 0. The van der Waals surface area contributed by atoms with Gasteiger partial charge >= 0.3 is 5.97 Å². The van der Waals surface area contributed by atoms with E-state index in [9.17, 15) is 4.79 Å². The number of hydrogen-bond donors (Lipinski definition) is 1. The lowest BCUT2D eigenvalue weighted by molar-refractivity contribution is -0.140. The van der Waals surface area contributed by atoms with Gasteiger partial charge in [-0.15, -0.1) is 0 Å². The molecule has 0 radical (unpaired) electrons. The van der Waals surface area contributed by atoms with Gasteiger partial charge in [-0.2, -0.15) is 0 Å². The van der Waals surface area contributed by atoms with Gasteiger partial charge in [-0.1, -0.05) is 13.5 Å². The molecule has 0 amide bonds. The largest absolute Gasteiger partial charge is 0.460 e. The second kappa shape index (κ2) is 20.3. The van der Waals surface area contributed by atoms with E-state index in [0.717, 1.165) is 13.1 Å². The van der Waals surface area contributed by atoms with Crippen LogP contribution in [-0.4, -0.2) is 91.7 Å². The van der Waals surface area contributed by atoms with Crippen LogP contribution in [0.15, 0.2) is 12.2 Å². The molecule has 0 aromatic carbocycles. The third-order valence-electron chi connectivity index (χ3n) is 2.97. The van der Waals surface area contributed by atoms with Crippen molar-refractivity contribution < 1.29 is 33.2 Å². The monoisotopic (exact) mass is 377 g/mol. The minimum atomic E-state index is -0.400. The van der Waals surface area contributed by atoms with Gasteiger partial charge in [-0.05, 0) is 13.5 Å². The number of carbonyl (C=O) groups is 1. The van der Waals surface area contributed by atoms with Crippen molar-refractivity contribution in [3.8, 4) is 0 Å². The zero-order valence-electron chi connectivity index (χ0n) is 16.3. The molecule has 0 fully saturated rings. The molecule has 0 saturated heterocycles. The second-order valence-corrected chi connectivity index (χ2v) is 5.33. The van der Waals surface area contributed by atoms with Gasteiger partial charge < -0.3 is 33.7 Å². The zero-order valence-corrected chi connectivity index (χ0v) is 16.3. The highest BCUT2D eigenvalue weighted by Crippen LogP contribution is 1.91. The molecular weight excluding hydrogens is 342 g/mol. The second-order valence-electron chi connectivity index (χ2n) is 5.33. The number of likely N-dealkylation sites (N-methyl/N-ethyl adjacent to an activating group) is 1. The molecule has 0 saturated carbocycles. The molecule has 0 aliphatic heterocycles. The van der Waals surface area contributed by atoms with Crippen molar-refractivity contribution in [2.24, 2.45) is 0 Å². The molecule has 0 bridgehead atoms. The first-order chi connectivity index (χ1) is 12.7. The van der Waals surface area contributed by atoms with E-state index < -0.39 is 5.97 Å². The van der Waals surface area contributed by atoms with Crippen LogP contribution in [0, 0.1) is 0 Å². The van der Waals surface area contributed by atoms with E-state index in [-0.39, 0.29) is 6.61 Å². The quantitative estimate of drug-likeness (QED) is 0.189. The topological polar surface area (TPSA) is 84.5 Å². The van der Waals surface area contributed by atoms with Gasteiger partial charge in [-0.25, -0.2) is 4.79 Å². The van der Waals surface area contributed by atoms with E-state index in [1.54, 1.807) is 6.92 Å². The summed E-state index contributed by atoms with van der Waals surface area (Å²) < 4.78 is 31.6. The van der Waals surface area contributed by atoms with E-state index in [1.165, 1.54) is 0 Å². The lowest BCUT2D eigenvalue weighted by Crippen LogP contribution is -2.20. The van der Waals surface area contributed by atoms with Gasteiger partial charge in [0, 0.05) is 12.1 Å². The highest BCUT2D eigenvalue weighted by atomic mass is 16.6. The predicted octanol–water partition coefficient (Wildman–Crippen LogP) is 0.798. The Morgan fingerprint density at radius 1 is 0.731 bits per heavy atom. The fraction of sp³-hybridized carbons (Fsp3) is 0.833. The average molecular weight is 377 g/mol. The Morgan fingerprint density at radius 2 is 1.12 bits per heavy atom. The Labute approximate surface area is 157 Å². The van der Waals surface area contributed by atoms with Crippen molar-refractivity contribution in [2.75, 3.05) is 85.8 Å². The molecule has 0 heterocycles. The third-order valence-corrected chi connectivity index (χ3v) is 2.97. The summed E-state index contributed by atoms with van der Waals surface area (Å²) in [4.78, 5) is 11.1. The standard InChI is InChI=1S/C18H35NO7/c1-4-19-5-6-21-7-8-22-9-10-23-11-12-24-13-14-25-15-16-26-18(20)17(2)3/h19H,2,4-16H2,1,3H3. The van der Waals surface area contributed by atoms with Crippen molar-refractivity contribution in [3.63, 3.8) is 0 Å². The van der Waals surface area contributed by atoms with E-state index >= 15 is 0 Å². The smallest absolute Gasteiger partial charge is 0.333 e. The molecule has 0 unspecified atom stereocenters. The maximum Gasteiger partial charge on any atom is 0.333 e. The Kier molecular flexibility index (Phi) is 19.5. The van der Waals surface area contributed by atoms with Crippen LogP contribution in [-0.2, 0) is 33.2 Å². The number of ether oxygens (including phenoxy) is 6. The first kappa shape index (κ1) is 25.0. The first-order valence-corrected chi connectivity index (χ1v) is 9.10. The number of esters is 1. The summed E-state index contributed by atoms with van der Waals surface area (Å²) in [7, 11) is 0. The van der Waals surface area contributed by atoms with Crippen LogP contribution in [0.3, 0.4) is 0 Å². The molecule has 26 heavy (non-hydrogen) atoms. The molecule has 0 aromatic heterocycles. The number of rotatable bonds is 20. The highest BCUT2D eigenvalue weighted by Gasteiger charge is 2.01. The summed E-state index contributed by atoms with van der Waals surface area (Å²) in [5, 5.41) is 3.18. The van der Waals surface area contributed by atoms with Crippen LogP contribution in [0.25, 0.3) is 0 Å². The van der Waals surface area contributed by atoms with E-state index in [1.807, 2.05) is 0 Å². The predicted molar refractivity (Wildman–Crippen MR) is 98.4 cm³/mol. The van der Waals surface area contributed by atoms with Crippen molar-refractivity contribution in [3.05, 3.63) is 12.2 Å². The molecule has 0 aromatic rings. The minimum absolute atomic E-state index is 0.218. The van der Waals surface area contributed by atoms with Gasteiger partial charge in [0.2, 0.25) is 0 Å². The summed E-state index contributed by atoms with van der Waals surface area (Å²) in [5.41, 5.74) is 0.382. The van der Waals surface area contributed by atoms with Crippen LogP contribution >= 0.6 is 0 Å². The molecule has 0 aliphatic carbocycles. The van der Waals surface area contributed by atoms with Crippen molar-refractivity contribution in [1.29, 1.82) is 0 Å². The number of nitrogens with one attached hydrogen (secondary N) is 1. The first-order valence-electron chi connectivity index (χ1n) is 9.10. The summed E-state index contributed by atoms with van der Waals surface area (Å²) >= 11 is 0. The molecule has 1 N–H and O–H groups in total. The van der Waals surface area contributed by atoms with Crippen LogP contribution in [0.4, 0.5) is 0 Å². The Morgan fingerprint density at radius 3 is 1.50 bits per heavy atom. The molecule has 0 spiro atoms. The molecule has 0 atom stereocenters. The molecular formula is C18H35NO7. The summed E-state index contributed by atoms with van der Waals surface area (Å²) in [6.45, 7) is 14.4. The van der Waals surface area contributed by atoms with E-state index in [2.05, 4.69) is 18.8 Å². The van der Waals surface area contributed by atoms with Gasteiger partial charge in [-0.3, -0.25) is 0 Å². The van der Waals surface area contributed by atoms with Gasteiger partial charge in [0.25, 0.3) is 0 Å². The Hall–Kier alpha value is -1.03. The van der Waals surface area contributed by atoms with Crippen molar-refractivity contribution >= 4 is 5.97 Å². The van der Waals surface area contributed by atoms with Crippen molar-refractivity contribution in [2.45, 2.75) is 13.8 Å². The third kappa shape index (κ3) is 19.3. The summed E-state index contributed by atoms with van der Waals surface area (Å²) in [5.74, 6) is -0.400. The number of carbonyl (C=O) groups excluding carboxylic acids is 1. The Bertz CT molecular complexity index is 340. The van der Waals surface area contributed by atoms with E-state index in [0.29, 0.717) is 71.6 Å². The van der Waals surface area contributed by atoms with Crippen LogP contribution in [0.1, 0.15) is 13.8 Å². The van der Waals surface area contributed by atoms with Gasteiger partial charge in [0.15, 0.2) is 0 Å². The van der Waals surface area contributed by atoms with Crippen LogP contribution in [0.2, 0.25) is 0 Å². The highest BCUT2D eigenvalue weighted by molar-refractivity contribution is 5.86.